The van der Waals surface area contributed by atoms with Crippen molar-refractivity contribution >= 4 is 56.5 Å². The monoisotopic (exact) mass is 492 g/mol. The van der Waals surface area contributed by atoms with Gasteiger partial charge in [-0.05, 0) is 36.4 Å². The number of hydrogen-bond acceptors (Lipinski definition) is 4. The second kappa shape index (κ2) is 7.87. The maximum Gasteiger partial charge on any atom is 0.283 e. The number of benzene rings is 3. The third-order valence-corrected chi connectivity index (χ3v) is 7.19. The van der Waals surface area contributed by atoms with Gasteiger partial charge in [-0.15, -0.1) is 0 Å². The Bertz CT molecular complexity index is 1210. The van der Waals surface area contributed by atoms with Gasteiger partial charge in [0.05, 0.1) is 10.0 Å². The number of rotatable bonds is 4. The molecule has 29 heavy (non-hydrogen) atoms. The van der Waals surface area contributed by atoms with Crippen molar-refractivity contribution in [1.82, 2.24) is 0 Å². The number of phenolic OH excluding ortho intramolecular Hbond substituents is 2. The SMILES string of the molecule is O=S(=O)(O)C(c1ccccc1O)(c1cc(Cl)ccc1Cl)c1c(O)ccc(Cl)c1Cl. The molecule has 152 valence electrons. The van der Waals surface area contributed by atoms with Crippen LogP contribution in [0.15, 0.2) is 54.6 Å². The van der Waals surface area contributed by atoms with Gasteiger partial charge in [0.2, 0.25) is 0 Å². The minimum atomic E-state index is -5.22. The van der Waals surface area contributed by atoms with E-state index in [4.69, 9.17) is 46.4 Å². The van der Waals surface area contributed by atoms with Gasteiger partial charge < -0.3 is 10.2 Å². The number of phenols is 2. The lowest BCUT2D eigenvalue weighted by Crippen LogP contribution is -2.39. The average Bonchev–Trinajstić information content (AvgIpc) is 2.64. The second-order valence-corrected chi connectivity index (χ2v) is 9.24. The first-order valence-corrected chi connectivity index (χ1v) is 10.9. The van der Waals surface area contributed by atoms with E-state index in [-0.39, 0.29) is 31.2 Å². The lowest BCUT2D eigenvalue weighted by atomic mass is 9.82. The van der Waals surface area contributed by atoms with E-state index < -0.39 is 31.9 Å². The van der Waals surface area contributed by atoms with Gasteiger partial charge in [-0.3, -0.25) is 4.55 Å². The molecule has 0 spiro atoms. The molecule has 1 atom stereocenters. The van der Waals surface area contributed by atoms with Crippen LogP contribution in [0, 0.1) is 0 Å². The molecule has 0 amide bonds. The summed E-state index contributed by atoms with van der Waals surface area (Å²) in [5, 5.41) is 20.7. The summed E-state index contributed by atoms with van der Waals surface area (Å²) >= 11 is 24.8. The first-order valence-electron chi connectivity index (χ1n) is 7.90. The van der Waals surface area contributed by atoms with Gasteiger partial charge >= 0.3 is 0 Å². The molecule has 0 saturated carbocycles. The maximum atomic E-state index is 13.0. The molecule has 0 heterocycles. The fourth-order valence-electron chi connectivity index (χ4n) is 3.24. The third-order valence-electron chi connectivity index (χ3n) is 4.40. The van der Waals surface area contributed by atoms with Crippen molar-refractivity contribution in [3.63, 3.8) is 0 Å². The molecule has 0 aliphatic carbocycles. The standard InChI is InChI=1S/C19H12Cl4O5S/c20-10-5-6-13(21)12(9-10)19(29(26,27)28,11-3-1-2-4-15(11)24)17-16(25)8-7-14(22)18(17)23/h1-9,24-25H,(H,26,27,28). The summed E-state index contributed by atoms with van der Waals surface area (Å²) in [6, 6.07) is 11.6. The summed E-state index contributed by atoms with van der Waals surface area (Å²) in [6.45, 7) is 0. The highest BCUT2D eigenvalue weighted by Gasteiger charge is 2.54. The summed E-state index contributed by atoms with van der Waals surface area (Å²) in [5.41, 5.74) is -1.04. The van der Waals surface area contributed by atoms with E-state index in [1.165, 1.54) is 48.5 Å². The quantitative estimate of drug-likeness (QED) is 0.311. The molecule has 3 N–H and O–H groups in total. The molecule has 3 rings (SSSR count). The Balaban J connectivity index is 2.71. The lowest BCUT2D eigenvalue weighted by molar-refractivity contribution is 0.428. The minimum absolute atomic E-state index is 0.0884. The van der Waals surface area contributed by atoms with E-state index in [2.05, 4.69) is 0 Å². The summed E-state index contributed by atoms with van der Waals surface area (Å²) in [6.07, 6.45) is 0. The molecular formula is C19H12Cl4O5S. The van der Waals surface area contributed by atoms with Crippen LogP contribution in [0.5, 0.6) is 11.5 Å². The summed E-state index contributed by atoms with van der Waals surface area (Å²) in [5.74, 6) is -1.10. The molecule has 0 saturated heterocycles. The van der Waals surface area contributed by atoms with Gasteiger partial charge in [-0.2, -0.15) is 8.42 Å². The molecule has 0 fully saturated rings. The van der Waals surface area contributed by atoms with E-state index >= 15 is 0 Å². The molecule has 3 aromatic rings. The van der Waals surface area contributed by atoms with Crippen LogP contribution in [0.2, 0.25) is 20.1 Å². The average molecular weight is 494 g/mol. The predicted octanol–water partition coefficient (Wildman–Crippen LogP) is 5.89. The van der Waals surface area contributed by atoms with Crippen LogP contribution in [0.25, 0.3) is 0 Å². The molecule has 0 aromatic heterocycles. The molecule has 1 unspecified atom stereocenters. The van der Waals surface area contributed by atoms with Crippen molar-refractivity contribution < 1.29 is 23.2 Å². The summed E-state index contributed by atoms with van der Waals surface area (Å²) < 4.78 is 33.9. The van der Waals surface area contributed by atoms with E-state index in [0.717, 1.165) is 6.07 Å². The Labute approximate surface area is 186 Å². The third kappa shape index (κ3) is 3.54. The smallest absolute Gasteiger partial charge is 0.283 e. The Morgan fingerprint density at radius 3 is 2.00 bits per heavy atom. The highest BCUT2D eigenvalue weighted by Crippen LogP contribution is 2.54. The van der Waals surface area contributed by atoms with Crippen LogP contribution in [0.1, 0.15) is 16.7 Å². The van der Waals surface area contributed by atoms with Crippen molar-refractivity contribution in [2.24, 2.45) is 0 Å². The second-order valence-electron chi connectivity index (χ2n) is 6.05. The van der Waals surface area contributed by atoms with Crippen LogP contribution in [-0.4, -0.2) is 23.2 Å². The van der Waals surface area contributed by atoms with Gasteiger partial charge in [-0.1, -0.05) is 64.6 Å². The molecule has 0 aliphatic heterocycles. The van der Waals surface area contributed by atoms with Gasteiger partial charge in [0.25, 0.3) is 10.1 Å². The summed E-state index contributed by atoms with van der Waals surface area (Å²) in [4.78, 5) is 0. The molecule has 0 aliphatic rings. The van der Waals surface area contributed by atoms with Crippen LogP contribution in [0.4, 0.5) is 0 Å². The Morgan fingerprint density at radius 1 is 0.759 bits per heavy atom. The minimum Gasteiger partial charge on any atom is -0.508 e. The maximum absolute atomic E-state index is 13.0. The van der Waals surface area contributed by atoms with E-state index in [0.29, 0.717) is 0 Å². The highest BCUT2D eigenvalue weighted by molar-refractivity contribution is 7.87. The van der Waals surface area contributed by atoms with Gasteiger partial charge in [-0.25, -0.2) is 0 Å². The van der Waals surface area contributed by atoms with Crippen LogP contribution >= 0.6 is 46.4 Å². The molecule has 5 nitrogen and oxygen atoms in total. The molecule has 0 radical (unpaired) electrons. The van der Waals surface area contributed by atoms with Crippen molar-refractivity contribution in [3.05, 3.63) is 91.4 Å². The molecule has 0 bridgehead atoms. The number of hydrogen-bond donors (Lipinski definition) is 3. The van der Waals surface area contributed by atoms with Gasteiger partial charge in [0, 0.05) is 26.7 Å². The van der Waals surface area contributed by atoms with Crippen molar-refractivity contribution in [2.75, 3.05) is 0 Å². The Kier molecular flexibility index (Phi) is 5.98. The van der Waals surface area contributed by atoms with Crippen molar-refractivity contribution in [1.29, 1.82) is 0 Å². The fourth-order valence-corrected chi connectivity index (χ4v) is 5.60. The lowest BCUT2D eigenvalue weighted by Gasteiger charge is -2.34. The summed E-state index contributed by atoms with van der Waals surface area (Å²) in [7, 11) is -5.22. The normalized spacial score (nSPS) is 13.8. The predicted molar refractivity (Wildman–Crippen MR) is 114 cm³/mol. The zero-order valence-electron chi connectivity index (χ0n) is 14.3. The van der Waals surface area contributed by atoms with Gasteiger partial charge in [0.1, 0.15) is 11.5 Å². The topological polar surface area (TPSA) is 94.8 Å². The molecule has 3 aromatic carbocycles. The first-order chi connectivity index (χ1) is 13.5. The Morgan fingerprint density at radius 2 is 1.38 bits per heavy atom. The van der Waals surface area contributed by atoms with Crippen molar-refractivity contribution in [2.45, 2.75) is 4.75 Å². The van der Waals surface area contributed by atoms with Crippen LogP contribution in [0.3, 0.4) is 0 Å². The van der Waals surface area contributed by atoms with E-state index in [9.17, 15) is 23.2 Å². The number of halogens is 4. The number of aromatic hydroxyl groups is 2. The molecular weight excluding hydrogens is 482 g/mol. The highest BCUT2D eigenvalue weighted by atomic mass is 35.5. The van der Waals surface area contributed by atoms with Crippen molar-refractivity contribution in [3.8, 4) is 11.5 Å². The molecule has 10 heteroatoms. The zero-order valence-corrected chi connectivity index (χ0v) is 18.1. The Hall–Kier alpha value is -1.67. The van der Waals surface area contributed by atoms with Crippen LogP contribution in [-0.2, 0) is 14.9 Å². The fraction of sp³-hybridized carbons (Fsp3) is 0.0526. The zero-order chi connectivity index (χ0) is 21.6. The largest absolute Gasteiger partial charge is 0.508 e. The first kappa shape index (κ1) is 22.0. The van der Waals surface area contributed by atoms with Crippen LogP contribution < -0.4 is 0 Å². The van der Waals surface area contributed by atoms with E-state index in [1.54, 1.807) is 0 Å². The van der Waals surface area contributed by atoms with E-state index in [1.807, 2.05) is 0 Å². The number of para-hydroxylation sites is 1. The van der Waals surface area contributed by atoms with Gasteiger partial charge in [0.15, 0.2) is 4.75 Å².